The van der Waals surface area contributed by atoms with Gasteiger partial charge in [0.25, 0.3) is 0 Å². The molecule has 1 saturated carbocycles. The molecule has 0 radical (unpaired) electrons. The maximum Gasteiger partial charge on any atom is 0.508 e. The number of rotatable bonds is 1. The summed E-state index contributed by atoms with van der Waals surface area (Å²) >= 11 is 0. The topological polar surface area (TPSA) is 35.5 Å². The molecule has 0 N–H and O–H groups in total. The van der Waals surface area contributed by atoms with E-state index in [0.717, 1.165) is 12.8 Å². The van der Waals surface area contributed by atoms with Gasteiger partial charge in [0.05, 0.1) is 7.11 Å². The van der Waals surface area contributed by atoms with Crippen molar-refractivity contribution < 1.29 is 14.3 Å². The van der Waals surface area contributed by atoms with Crippen LogP contribution in [-0.4, -0.2) is 19.4 Å². The molecule has 1 fully saturated rings. The van der Waals surface area contributed by atoms with Crippen LogP contribution in [0, 0.1) is 11.3 Å². The van der Waals surface area contributed by atoms with Crippen LogP contribution < -0.4 is 0 Å². The number of carbonyl (C=O) groups excluding carboxylic acids is 1. The zero-order chi connectivity index (χ0) is 10.8. The average Bonchev–Trinajstić information content (AvgIpc) is 1.99. The Bertz CT molecular complexity index is 211. The molecule has 0 aliphatic heterocycles. The van der Waals surface area contributed by atoms with Gasteiger partial charge in [-0.1, -0.05) is 20.8 Å². The largest absolute Gasteiger partial charge is 0.508 e. The lowest BCUT2D eigenvalue weighted by Gasteiger charge is -2.38. The third-order valence-electron chi connectivity index (χ3n) is 2.78. The molecule has 3 nitrogen and oxygen atoms in total. The molecule has 0 unspecified atom stereocenters. The van der Waals surface area contributed by atoms with Crippen LogP contribution in [0.4, 0.5) is 4.79 Å². The molecule has 0 spiro atoms. The molecule has 0 heterocycles. The second kappa shape index (κ2) is 4.20. The van der Waals surface area contributed by atoms with Gasteiger partial charge in [-0.2, -0.15) is 0 Å². The van der Waals surface area contributed by atoms with Crippen molar-refractivity contribution >= 4 is 6.16 Å². The Kier molecular flexibility index (Phi) is 3.40. The lowest BCUT2D eigenvalue weighted by Crippen LogP contribution is -2.33. The van der Waals surface area contributed by atoms with E-state index in [9.17, 15) is 4.79 Å². The molecule has 14 heavy (non-hydrogen) atoms. The van der Waals surface area contributed by atoms with Crippen molar-refractivity contribution in [1.82, 2.24) is 0 Å². The first-order valence-electron chi connectivity index (χ1n) is 5.17. The first-order chi connectivity index (χ1) is 6.43. The first kappa shape index (κ1) is 11.3. The van der Waals surface area contributed by atoms with E-state index in [0.29, 0.717) is 5.92 Å². The fourth-order valence-corrected chi connectivity index (χ4v) is 2.53. The van der Waals surface area contributed by atoms with Gasteiger partial charge in [-0.05, 0) is 30.6 Å². The molecule has 0 bridgehead atoms. The van der Waals surface area contributed by atoms with E-state index < -0.39 is 6.16 Å². The predicted octanol–water partition coefficient (Wildman–Crippen LogP) is 2.98. The SMILES string of the molecule is COC(=O)O[C@@H]1C[C@H](C)CC(C)(C)C1. The predicted molar refractivity (Wildman–Crippen MR) is 54.1 cm³/mol. The first-order valence-corrected chi connectivity index (χ1v) is 5.17. The highest BCUT2D eigenvalue weighted by atomic mass is 16.7. The van der Waals surface area contributed by atoms with E-state index in [1.165, 1.54) is 13.5 Å². The van der Waals surface area contributed by atoms with Gasteiger partial charge in [-0.25, -0.2) is 4.79 Å². The van der Waals surface area contributed by atoms with Crippen molar-refractivity contribution in [3.8, 4) is 0 Å². The number of ether oxygens (including phenoxy) is 2. The summed E-state index contributed by atoms with van der Waals surface area (Å²) in [5.74, 6) is 0.619. The van der Waals surface area contributed by atoms with E-state index in [4.69, 9.17) is 4.74 Å². The van der Waals surface area contributed by atoms with Crippen molar-refractivity contribution in [2.75, 3.05) is 7.11 Å². The van der Waals surface area contributed by atoms with Gasteiger partial charge in [0.15, 0.2) is 0 Å². The summed E-state index contributed by atoms with van der Waals surface area (Å²) in [6.45, 7) is 6.64. The average molecular weight is 200 g/mol. The Hall–Kier alpha value is -0.730. The van der Waals surface area contributed by atoms with Crippen LogP contribution >= 0.6 is 0 Å². The summed E-state index contributed by atoms with van der Waals surface area (Å²) in [6.07, 6.45) is 2.57. The second-order valence-corrected chi connectivity index (χ2v) is 5.11. The van der Waals surface area contributed by atoms with Crippen molar-refractivity contribution in [2.24, 2.45) is 11.3 Å². The second-order valence-electron chi connectivity index (χ2n) is 5.11. The Morgan fingerprint density at radius 2 is 2.00 bits per heavy atom. The molecular formula is C11H20O3. The molecule has 82 valence electrons. The van der Waals surface area contributed by atoms with Crippen LogP contribution in [0.5, 0.6) is 0 Å². The Labute approximate surface area is 85.8 Å². The standard InChI is InChI=1S/C11H20O3/c1-8-5-9(14-10(12)13-4)7-11(2,3)6-8/h8-9H,5-7H2,1-4H3/t8-,9+/m0/s1. The monoisotopic (exact) mass is 200 g/mol. The van der Waals surface area contributed by atoms with Gasteiger partial charge >= 0.3 is 6.16 Å². The van der Waals surface area contributed by atoms with Crippen LogP contribution in [-0.2, 0) is 9.47 Å². The van der Waals surface area contributed by atoms with Crippen LogP contribution in [0.2, 0.25) is 0 Å². The van der Waals surface area contributed by atoms with Crippen molar-refractivity contribution in [3.63, 3.8) is 0 Å². The molecule has 1 aliphatic rings. The van der Waals surface area contributed by atoms with Gasteiger partial charge < -0.3 is 9.47 Å². The highest BCUT2D eigenvalue weighted by Gasteiger charge is 2.34. The third-order valence-corrected chi connectivity index (χ3v) is 2.78. The van der Waals surface area contributed by atoms with Gasteiger partial charge in [-0.3, -0.25) is 0 Å². The van der Waals surface area contributed by atoms with Crippen molar-refractivity contribution in [2.45, 2.75) is 46.1 Å². The third kappa shape index (κ3) is 3.20. The van der Waals surface area contributed by atoms with Crippen molar-refractivity contribution in [1.29, 1.82) is 0 Å². The smallest absolute Gasteiger partial charge is 0.438 e. The normalized spacial score (nSPS) is 30.9. The number of methoxy groups -OCH3 is 1. The number of carbonyl (C=O) groups is 1. The number of hydrogen-bond acceptors (Lipinski definition) is 3. The Morgan fingerprint density at radius 1 is 1.36 bits per heavy atom. The minimum atomic E-state index is -0.556. The Morgan fingerprint density at radius 3 is 2.50 bits per heavy atom. The van der Waals surface area contributed by atoms with Crippen LogP contribution in [0.1, 0.15) is 40.0 Å². The molecule has 0 saturated heterocycles. The van der Waals surface area contributed by atoms with E-state index in [1.54, 1.807) is 0 Å². The number of hydrogen-bond donors (Lipinski definition) is 0. The highest BCUT2D eigenvalue weighted by Crippen LogP contribution is 2.39. The van der Waals surface area contributed by atoms with Crippen LogP contribution in [0.3, 0.4) is 0 Å². The van der Waals surface area contributed by atoms with Gasteiger partial charge in [0.1, 0.15) is 6.10 Å². The maximum atomic E-state index is 11.0. The van der Waals surface area contributed by atoms with Gasteiger partial charge in [0.2, 0.25) is 0 Å². The van der Waals surface area contributed by atoms with Crippen LogP contribution in [0.25, 0.3) is 0 Å². The van der Waals surface area contributed by atoms with E-state index in [2.05, 4.69) is 25.5 Å². The maximum absolute atomic E-state index is 11.0. The molecule has 0 amide bonds. The van der Waals surface area contributed by atoms with Crippen molar-refractivity contribution in [3.05, 3.63) is 0 Å². The molecule has 0 aromatic carbocycles. The summed E-state index contributed by atoms with van der Waals surface area (Å²) in [6, 6.07) is 0. The minimum absolute atomic E-state index is 0.0289. The van der Waals surface area contributed by atoms with E-state index in [1.807, 2.05) is 0 Å². The fraction of sp³-hybridized carbons (Fsp3) is 0.909. The lowest BCUT2D eigenvalue weighted by molar-refractivity contribution is -0.0129. The molecule has 3 heteroatoms. The van der Waals surface area contributed by atoms with Gasteiger partial charge in [-0.15, -0.1) is 0 Å². The molecule has 1 aliphatic carbocycles. The summed E-state index contributed by atoms with van der Waals surface area (Å²) in [7, 11) is 1.35. The molecular weight excluding hydrogens is 180 g/mol. The fourth-order valence-electron chi connectivity index (χ4n) is 2.53. The molecule has 0 aromatic heterocycles. The quantitative estimate of drug-likeness (QED) is 0.610. The molecule has 2 atom stereocenters. The molecule has 1 rings (SSSR count). The zero-order valence-electron chi connectivity index (χ0n) is 9.50. The van der Waals surface area contributed by atoms with E-state index in [-0.39, 0.29) is 11.5 Å². The summed E-state index contributed by atoms with van der Waals surface area (Å²) in [4.78, 5) is 11.0. The van der Waals surface area contributed by atoms with E-state index >= 15 is 0 Å². The Balaban J connectivity index is 2.50. The molecule has 0 aromatic rings. The highest BCUT2D eigenvalue weighted by molar-refractivity contribution is 5.59. The lowest BCUT2D eigenvalue weighted by atomic mass is 9.71. The van der Waals surface area contributed by atoms with Crippen LogP contribution in [0.15, 0.2) is 0 Å². The summed E-state index contributed by atoms with van der Waals surface area (Å²) in [5.41, 5.74) is 0.274. The summed E-state index contributed by atoms with van der Waals surface area (Å²) in [5, 5.41) is 0. The zero-order valence-corrected chi connectivity index (χ0v) is 9.50. The summed E-state index contributed by atoms with van der Waals surface area (Å²) < 4.78 is 9.68. The van der Waals surface area contributed by atoms with Gasteiger partial charge in [0, 0.05) is 0 Å². The minimum Gasteiger partial charge on any atom is -0.438 e.